The number of nitrogens with one attached hydrogen (secondary N) is 2. The van der Waals surface area contributed by atoms with E-state index in [2.05, 4.69) is 10.7 Å². The molecule has 5 aromatic rings. The maximum Gasteiger partial charge on any atom is 0.260 e. The van der Waals surface area contributed by atoms with Gasteiger partial charge in [-0.3, -0.25) is 29.5 Å². The van der Waals surface area contributed by atoms with E-state index in [1.807, 2.05) is 36.4 Å². The number of imide groups is 2. The minimum Gasteiger partial charge on any atom is -0.508 e. The lowest BCUT2D eigenvalue weighted by molar-refractivity contribution is -0.138. The Hall–Kier alpha value is -6.66. The zero-order valence-electron chi connectivity index (χ0n) is 31.9. The smallest absolute Gasteiger partial charge is 0.260 e. The Balaban J connectivity index is 1.19. The molecule has 0 spiro atoms. The van der Waals surface area contributed by atoms with Crippen molar-refractivity contribution in [3.05, 3.63) is 149 Å². The van der Waals surface area contributed by atoms with Crippen LogP contribution in [-0.4, -0.2) is 48.0 Å². The van der Waals surface area contributed by atoms with Gasteiger partial charge >= 0.3 is 0 Å². The number of phenols is 1. The number of hydrogen-bond acceptors (Lipinski definition) is 9. The van der Waals surface area contributed by atoms with Gasteiger partial charge in [0, 0.05) is 40.0 Å². The van der Waals surface area contributed by atoms with Crippen molar-refractivity contribution in [1.29, 1.82) is 0 Å². The first-order valence-electron chi connectivity index (χ1n) is 19.2. The van der Waals surface area contributed by atoms with Crippen molar-refractivity contribution in [2.24, 2.45) is 23.7 Å². The van der Waals surface area contributed by atoms with Crippen LogP contribution in [0.5, 0.6) is 17.2 Å². The molecule has 2 aliphatic heterocycles. The molecule has 13 heteroatoms. The fourth-order valence-electron chi connectivity index (χ4n) is 9.82. The minimum absolute atomic E-state index is 0.0355. The summed E-state index contributed by atoms with van der Waals surface area (Å²) in [4.78, 5) is 61.0. The average molecular weight is 813 g/mol. The third kappa shape index (κ3) is 6.00. The Morgan fingerprint density at radius 3 is 2.03 bits per heavy atom. The number of hydrogen-bond donors (Lipinski definition) is 3. The van der Waals surface area contributed by atoms with Crippen LogP contribution in [0.2, 0.25) is 5.02 Å². The predicted molar refractivity (Wildman–Crippen MR) is 219 cm³/mol. The highest BCUT2D eigenvalue weighted by atomic mass is 35.5. The molecule has 0 aromatic heterocycles. The lowest BCUT2D eigenvalue weighted by Gasteiger charge is -2.51. The molecule has 0 radical (unpaired) electrons. The predicted octanol–water partition coefficient (Wildman–Crippen LogP) is 8.14. The Labute approximate surface area is 344 Å². The Morgan fingerprint density at radius 2 is 1.39 bits per heavy atom. The van der Waals surface area contributed by atoms with E-state index < -0.39 is 58.5 Å². The molecule has 5 aromatic carbocycles. The third-order valence-corrected chi connectivity index (χ3v) is 12.5. The molecule has 1 saturated carbocycles. The summed E-state index contributed by atoms with van der Waals surface area (Å²) < 4.78 is 25.8. The number of rotatable bonds is 9. The lowest BCUT2D eigenvalue weighted by Crippen LogP contribution is -2.53. The summed E-state index contributed by atoms with van der Waals surface area (Å²) in [5, 5.41) is 15.5. The first kappa shape index (κ1) is 37.9. The number of hydrazine groups is 1. The van der Waals surface area contributed by atoms with E-state index in [1.165, 1.54) is 55.5 Å². The molecule has 6 unspecified atom stereocenters. The maximum absolute atomic E-state index is 15.5. The number of nitrogens with zero attached hydrogens (tertiary/aromatic N) is 2. The van der Waals surface area contributed by atoms with Crippen LogP contribution in [0.3, 0.4) is 0 Å². The number of carbonyl (C=O) groups is 4. The molecule has 9 rings (SSSR count). The number of phenolic OH excluding ortho intramolecular Hbond substituents is 1. The van der Waals surface area contributed by atoms with Crippen LogP contribution in [0.15, 0.2) is 127 Å². The number of fused-ring (bicyclic) bond motifs is 4. The molecule has 3 N–H and O–H groups in total. The largest absolute Gasteiger partial charge is 0.508 e. The van der Waals surface area contributed by atoms with Gasteiger partial charge in [0.1, 0.15) is 23.1 Å². The van der Waals surface area contributed by atoms with Gasteiger partial charge in [-0.25, -0.2) is 4.39 Å². The Kier molecular flexibility index (Phi) is 9.39. The molecular weight excluding hydrogens is 775 g/mol. The molecule has 298 valence electrons. The van der Waals surface area contributed by atoms with Gasteiger partial charge in [0.05, 0.1) is 48.8 Å². The van der Waals surface area contributed by atoms with Crippen molar-refractivity contribution >= 4 is 58.0 Å². The summed E-state index contributed by atoms with van der Waals surface area (Å²) in [6.07, 6.45) is 2.14. The number of benzene rings is 5. The molecule has 59 heavy (non-hydrogen) atoms. The van der Waals surface area contributed by atoms with E-state index in [9.17, 15) is 19.1 Å². The van der Waals surface area contributed by atoms with E-state index in [-0.39, 0.29) is 36.0 Å². The number of para-hydroxylation sites is 1. The number of methoxy groups -OCH3 is 2. The number of amides is 4. The van der Waals surface area contributed by atoms with Crippen LogP contribution in [0.25, 0.3) is 0 Å². The molecule has 2 saturated heterocycles. The molecule has 4 amide bonds. The number of halogens is 2. The van der Waals surface area contributed by atoms with Gasteiger partial charge in [-0.1, -0.05) is 53.6 Å². The van der Waals surface area contributed by atoms with E-state index in [0.29, 0.717) is 33.1 Å². The number of aromatic hydroxyl groups is 1. The first-order valence-corrected chi connectivity index (χ1v) is 19.5. The molecule has 2 aliphatic carbocycles. The zero-order valence-corrected chi connectivity index (χ0v) is 32.7. The van der Waals surface area contributed by atoms with E-state index >= 15 is 9.59 Å². The molecule has 0 bridgehead atoms. The monoisotopic (exact) mass is 812 g/mol. The van der Waals surface area contributed by atoms with Crippen molar-refractivity contribution in [3.63, 3.8) is 0 Å². The highest BCUT2D eigenvalue weighted by Crippen LogP contribution is 2.66. The fourth-order valence-corrected chi connectivity index (χ4v) is 9.94. The quantitative estimate of drug-likeness (QED) is 0.0996. The van der Waals surface area contributed by atoms with Crippen LogP contribution in [-0.2, 0) is 24.6 Å². The third-order valence-electron chi connectivity index (χ3n) is 12.3. The van der Waals surface area contributed by atoms with Crippen molar-refractivity contribution in [2.45, 2.75) is 24.2 Å². The number of carbonyl (C=O) groups excluding carboxylic acids is 4. The van der Waals surface area contributed by atoms with Gasteiger partial charge in [0.2, 0.25) is 11.8 Å². The molecule has 2 heterocycles. The van der Waals surface area contributed by atoms with Gasteiger partial charge in [-0.15, -0.1) is 0 Å². The van der Waals surface area contributed by atoms with Crippen LogP contribution >= 0.6 is 11.6 Å². The molecule has 4 aliphatic rings. The molecular formula is C46H38ClFN4O7. The first-order chi connectivity index (χ1) is 28.5. The second-order valence-electron chi connectivity index (χ2n) is 15.2. The van der Waals surface area contributed by atoms with Gasteiger partial charge in [-0.05, 0) is 97.1 Å². The summed E-state index contributed by atoms with van der Waals surface area (Å²) in [5.41, 5.74) is 5.13. The summed E-state index contributed by atoms with van der Waals surface area (Å²) >= 11 is 6.42. The highest BCUT2D eigenvalue weighted by Gasteiger charge is 2.71. The van der Waals surface area contributed by atoms with Crippen molar-refractivity contribution in [2.75, 3.05) is 29.9 Å². The molecule has 11 nitrogen and oxygen atoms in total. The lowest BCUT2D eigenvalue weighted by atomic mass is 9.49. The van der Waals surface area contributed by atoms with E-state index in [4.69, 9.17) is 21.1 Å². The molecule has 6 atom stereocenters. The van der Waals surface area contributed by atoms with Crippen molar-refractivity contribution < 1.29 is 38.1 Å². The number of allylic oxidation sites excluding steroid dienone is 2. The highest BCUT2D eigenvalue weighted by molar-refractivity contribution is 6.30. The SMILES string of the molecule is COc1cc(O)cc(OC)c1C1C2=CCC3C(=O)N(c4ccc(Nc5ccccc5)cc4)C(=O)C3C2CC2C(=O)N(Nc3ccc(F)cc3)C(=O)C21c1ccc(Cl)cc1. The van der Waals surface area contributed by atoms with E-state index in [1.54, 1.807) is 48.5 Å². The standard InChI is InChI=1S/C46H38ClFN4O7/c1-58-37-22-32(53)23-38(59-2)40(37)41-33-20-21-34-39(44(56)51(42(34)54)31-18-16-29(17-19-31)49-28-6-4-3-5-7-28)35(33)24-36-43(55)52(50-30-14-12-27(48)13-15-30)45(57)46(36,41)25-8-10-26(47)11-9-25/h3-20,22-23,34-36,39,41,49-50,53H,21,24H2,1-2H3. The second-order valence-corrected chi connectivity index (χ2v) is 15.6. The Bertz CT molecular complexity index is 2510. The van der Waals surface area contributed by atoms with Crippen LogP contribution < -0.4 is 25.1 Å². The van der Waals surface area contributed by atoms with Crippen molar-refractivity contribution in [1.82, 2.24) is 5.01 Å². The Morgan fingerprint density at radius 1 is 0.763 bits per heavy atom. The summed E-state index contributed by atoms with van der Waals surface area (Å²) in [6, 6.07) is 31.5. The second kappa shape index (κ2) is 14.6. The topological polar surface area (TPSA) is 138 Å². The fraction of sp³-hybridized carbons (Fsp3) is 0.217. The van der Waals surface area contributed by atoms with Gasteiger partial charge in [0.15, 0.2) is 0 Å². The summed E-state index contributed by atoms with van der Waals surface area (Å²) in [5.74, 6) is -6.62. The van der Waals surface area contributed by atoms with Crippen molar-refractivity contribution in [3.8, 4) is 17.2 Å². The normalized spacial score (nSPS) is 24.6. The van der Waals surface area contributed by atoms with Gasteiger partial charge in [-0.2, -0.15) is 5.01 Å². The average Bonchev–Trinajstić information content (AvgIpc) is 3.62. The summed E-state index contributed by atoms with van der Waals surface area (Å²) in [7, 11) is 2.86. The summed E-state index contributed by atoms with van der Waals surface area (Å²) in [6.45, 7) is 0. The van der Waals surface area contributed by atoms with Gasteiger partial charge in [0.25, 0.3) is 11.8 Å². The number of ether oxygens (including phenoxy) is 2. The van der Waals surface area contributed by atoms with E-state index in [0.717, 1.165) is 16.4 Å². The van der Waals surface area contributed by atoms with Gasteiger partial charge < -0.3 is 19.9 Å². The van der Waals surface area contributed by atoms with Crippen LogP contribution in [0, 0.1) is 29.5 Å². The van der Waals surface area contributed by atoms with Crippen LogP contribution in [0.1, 0.15) is 29.9 Å². The van der Waals surface area contributed by atoms with Crippen LogP contribution in [0.4, 0.5) is 27.1 Å². The number of anilines is 4. The minimum atomic E-state index is -1.69. The maximum atomic E-state index is 15.5. The zero-order chi connectivity index (χ0) is 41.2. The molecule has 3 fully saturated rings.